The van der Waals surface area contributed by atoms with Crippen molar-refractivity contribution in [2.24, 2.45) is 23.7 Å². The van der Waals surface area contributed by atoms with Crippen molar-refractivity contribution in [3.05, 3.63) is 77.9 Å². The van der Waals surface area contributed by atoms with Gasteiger partial charge in [0, 0.05) is 0 Å². The number of benzene rings is 2. The molecule has 0 heterocycles. The van der Waals surface area contributed by atoms with E-state index >= 15 is 0 Å². The van der Waals surface area contributed by atoms with Crippen molar-refractivity contribution in [2.75, 3.05) is 0 Å². The molecule has 0 aliphatic heterocycles. The Morgan fingerprint density at radius 3 is 1.41 bits per heavy atom. The molecular weight excluding hydrogens is 679 g/mol. The molecule has 0 bridgehead atoms. The van der Waals surface area contributed by atoms with Gasteiger partial charge in [-0.2, -0.15) is 6.08 Å². The molecule has 0 amide bonds. The average molecular weight is 739 g/mol. The summed E-state index contributed by atoms with van der Waals surface area (Å²) in [6.07, 6.45) is 25.0. The van der Waals surface area contributed by atoms with Crippen LogP contribution in [0.3, 0.4) is 0 Å². The zero-order valence-corrected chi connectivity index (χ0v) is 34.1. The minimum Gasteiger partial charge on any atom is -1.00 e. The Balaban J connectivity index is 0.000000270. The minimum absolute atomic E-state index is 0. The summed E-state index contributed by atoms with van der Waals surface area (Å²) in [4.78, 5) is 0. The van der Waals surface area contributed by atoms with Gasteiger partial charge in [-0.25, -0.2) is 12.2 Å². The van der Waals surface area contributed by atoms with E-state index in [4.69, 9.17) is 0 Å². The number of halogens is 2. The van der Waals surface area contributed by atoms with Gasteiger partial charge in [-0.15, -0.1) is 46.2 Å². The van der Waals surface area contributed by atoms with Gasteiger partial charge in [-0.05, 0) is 10.8 Å². The Morgan fingerprint density at radius 2 is 1.11 bits per heavy atom. The van der Waals surface area contributed by atoms with Crippen LogP contribution in [0.1, 0.15) is 137 Å². The van der Waals surface area contributed by atoms with Crippen molar-refractivity contribution >= 4 is 24.8 Å². The first kappa shape index (κ1) is 41.3. The third kappa shape index (κ3) is 11.3. The van der Waals surface area contributed by atoms with Crippen molar-refractivity contribution < 1.29 is 49.0 Å². The molecule has 0 aromatic heterocycles. The van der Waals surface area contributed by atoms with Crippen LogP contribution in [0.25, 0.3) is 21.5 Å². The molecule has 2 atom stereocenters. The number of hydrogen-bond donors (Lipinski definition) is 0. The Morgan fingerprint density at radius 1 is 0.696 bits per heavy atom. The van der Waals surface area contributed by atoms with Gasteiger partial charge in [0.25, 0.3) is 0 Å². The normalized spacial score (nSPS) is 18.5. The van der Waals surface area contributed by atoms with E-state index in [2.05, 4.69) is 110 Å². The van der Waals surface area contributed by atoms with E-state index in [1.807, 2.05) is 15.4 Å². The molecule has 2 fully saturated rings. The topological polar surface area (TPSA) is 0 Å². The molecule has 252 valence electrons. The van der Waals surface area contributed by atoms with E-state index in [1.165, 1.54) is 96.9 Å². The van der Waals surface area contributed by atoms with Crippen LogP contribution in [0.15, 0.2) is 60.7 Å². The van der Waals surface area contributed by atoms with E-state index in [1.54, 1.807) is 24.2 Å². The van der Waals surface area contributed by atoms with Gasteiger partial charge in [-0.3, -0.25) is 6.08 Å². The molecule has 3 aromatic carbocycles. The fourth-order valence-electron chi connectivity index (χ4n) is 7.49. The largest absolute Gasteiger partial charge is 1.00 e. The van der Waals surface area contributed by atoms with E-state index in [-0.39, 0.29) is 35.6 Å². The molecular formula is C43H60Cl2Zr-2. The first-order valence-electron chi connectivity index (χ1n) is 17.8. The summed E-state index contributed by atoms with van der Waals surface area (Å²) >= 11 is 1.74. The summed E-state index contributed by atoms with van der Waals surface area (Å²) < 4.78 is 1.92. The van der Waals surface area contributed by atoms with Gasteiger partial charge in [0.15, 0.2) is 0 Å². The van der Waals surface area contributed by atoms with Crippen molar-refractivity contribution in [1.29, 1.82) is 0 Å². The number of rotatable bonds is 4. The molecule has 6 rings (SSSR count). The van der Waals surface area contributed by atoms with Crippen molar-refractivity contribution in [3.8, 4) is 0 Å². The molecule has 3 aromatic rings. The Labute approximate surface area is 310 Å². The monoisotopic (exact) mass is 736 g/mol. The second-order valence-corrected chi connectivity index (χ2v) is 17.5. The van der Waals surface area contributed by atoms with Gasteiger partial charge in [0.1, 0.15) is 0 Å². The van der Waals surface area contributed by atoms with E-state index in [0.717, 1.165) is 30.1 Å². The molecule has 0 radical (unpaired) electrons. The van der Waals surface area contributed by atoms with Crippen molar-refractivity contribution in [2.45, 2.75) is 137 Å². The molecule has 0 spiro atoms. The predicted octanol–water partition coefficient (Wildman–Crippen LogP) is 6.76. The van der Waals surface area contributed by atoms with Gasteiger partial charge < -0.3 is 24.8 Å². The van der Waals surface area contributed by atoms with Crippen molar-refractivity contribution in [1.82, 2.24) is 0 Å². The fourth-order valence-corrected chi connectivity index (χ4v) is 8.65. The summed E-state index contributed by atoms with van der Waals surface area (Å²) in [7, 11) is 0. The number of allylic oxidation sites excluding steroid dienone is 4. The van der Waals surface area contributed by atoms with Crippen LogP contribution in [0.5, 0.6) is 0 Å². The summed E-state index contributed by atoms with van der Waals surface area (Å²) in [5.74, 6) is 3.89. The first-order valence-corrected chi connectivity index (χ1v) is 19.0. The fraction of sp³-hybridized carbons (Fsp3) is 0.581. The molecule has 46 heavy (non-hydrogen) atoms. The Bertz CT molecular complexity index is 1310. The predicted molar refractivity (Wildman–Crippen MR) is 193 cm³/mol. The average Bonchev–Trinajstić information content (AvgIpc) is 3.72. The maximum Gasteiger partial charge on any atom is -0.109 e. The molecule has 3 aliphatic carbocycles. The summed E-state index contributed by atoms with van der Waals surface area (Å²) in [5, 5.41) is 5.48. The minimum atomic E-state index is 0. The van der Waals surface area contributed by atoms with Crippen LogP contribution < -0.4 is 24.8 Å². The SMILES string of the molecule is CC(C)(C)c1ccc2c(c1)[cH-]c1cc(C(C)(C)C)ccc12.CC([C](=[Zr+2])C(C)C1CCCCC1)C1CCCCC1.[C-]1=CC=CC1.[Cl-].[Cl-]. The molecule has 3 heteroatoms. The molecule has 0 N–H and O–H groups in total. The second kappa shape index (κ2) is 18.8. The standard InChI is InChI=1S/C21H25.C17H30.C5H5.2ClH.Zr/c1-20(2,3)16-7-9-18-14(12-16)11-15-13-17(21(4,5)6)8-10-19(15)18;1-14(16-9-5-3-6-10-16)13-15(2)17-11-7-4-8-12-17;1-2-4-5-3-1;;;/h7-13H,1-6H3;14-17H,3-12H2,1-2H3;1-3H,4H2;2*1H;/q-1;;-1;;;+2/p-2. The third-order valence-corrected chi connectivity index (χ3v) is 13.0. The van der Waals surface area contributed by atoms with Crippen LogP contribution in [-0.2, 0) is 35.1 Å². The Kier molecular flexibility index (Phi) is 16.8. The molecule has 2 saturated carbocycles. The summed E-state index contributed by atoms with van der Waals surface area (Å²) in [6, 6.07) is 16.2. The summed E-state index contributed by atoms with van der Waals surface area (Å²) in [5.41, 5.74) is 3.21. The van der Waals surface area contributed by atoms with Crippen LogP contribution in [-0.4, -0.2) is 3.21 Å². The van der Waals surface area contributed by atoms with Gasteiger partial charge in [0.2, 0.25) is 0 Å². The van der Waals surface area contributed by atoms with Crippen LogP contribution in [0, 0.1) is 29.7 Å². The third-order valence-electron chi connectivity index (χ3n) is 10.7. The first-order chi connectivity index (χ1) is 20.9. The van der Waals surface area contributed by atoms with E-state index < -0.39 is 0 Å². The van der Waals surface area contributed by atoms with Crippen molar-refractivity contribution in [3.63, 3.8) is 0 Å². The van der Waals surface area contributed by atoms with Crippen LogP contribution in [0.4, 0.5) is 0 Å². The van der Waals surface area contributed by atoms with Crippen LogP contribution >= 0.6 is 0 Å². The van der Waals surface area contributed by atoms with Gasteiger partial charge in [-0.1, -0.05) is 76.9 Å². The zero-order chi connectivity index (χ0) is 31.9. The van der Waals surface area contributed by atoms with E-state index in [9.17, 15) is 0 Å². The summed E-state index contributed by atoms with van der Waals surface area (Å²) in [6.45, 7) is 18.7. The molecule has 3 aliphatic rings. The number of fused-ring (bicyclic) bond motifs is 3. The quantitative estimate of drug-likeness (QED) is 0.260. The van der Waals surface area contributed by atoms with Crippen LogP contribution in [0.2, 0.25) is 0 Å². The molecule has 2 unspecified atom stereocenters. The number of hydrogen-bond acceptors (Lipinski definition) is 0. The maximum atomic E-state index is 2.99. The van der Waals surface area contributed by atoms with Gasteiger partial charge in [0.05, 0.1) is 0 Å². The Hall–Kier alpha value is -0.877. The zero-order valence-electron chi connectivity index (χ0n) is 30.1. The maximum absolute atomic E-state index is 2.99. The second-order valence-electron chi connectivity index (χ2n) is 16.1. The van der Waals surface area contributed by atoms with E-state index in [0.29, 0.717) is 0 Å². The van der Waals surface area contributed by atoms with Gasteiger partial charge >= 0.3 is 129 Å². The molecule has 0 saturated heterocycles. The molecule has 0 nitrogen and oxygen atoms in total. The smallest absolute Gasteiger partial charge is 0.109 e.